The van der Waals surface area contributed by atoms with Crippen molar-refractivity contribution >= 4 is 21.6 Å². The van der Waals surface area contributed by atoms with Gasteiger partial charge in [0.15, 0.2) is 11.5 Å². The second-order valence-electron chi connectivity index (χ2n) is 9.44. The Bertz CT molecular complexity index is 1110. The quantitative estimate of drug-likeness (QED) is 0.454. The number of carbonyl (C=O) groups is 1. The van der Waals surface area contributed by atoms with Crippen molar-refractivity contribution in [2.24, 2.45) is 0 Å². The molecule has 0 aliphatic carbocycles. The zero-order valence-electron chi connectivity index (χ0n) is 20.9. The van der Waals surface area contributed by atoms with Gasteiger partial charge in [-0.25, -0.2) is 13.1 Å². The molecule has 0 spiro atoms. The van der Waals surface area contributed by atoms with Gasteiger partial charge < -0.3 is 24.8 Å². The van der Waals surface area contributed by atoms with Crippen molar-refractivity contribution in [2.75, 3.05) is 32.7 Å². The topological polar surface area (TPSA) is 115 Å². The lowest BCUT2D eigenvalue weighted by Crippen LogP contribution is -2.44. The lowest BCUT2D eigenvalue weighted by molar-refractivity contribution is -0.123. The molecule has 1 fully saturated rings. The highest BCUT2D eigenvalue weighted by Gasteiger charge is 2.26. The Labute approximate surface area is 207 Å². The van der Waals surface area contributed by atoms with Crippen molar-refractivity contribution in [3.8, 4) is 11.5 Å². The molecule has 1 aliphatic heterocycles. The SMILES string of the molecule is COc1ccc([C@@H](Nc2ccc(S(=O)(=O)NC[C@H]3CCCO3)cc2)C(=O)NC(C)(C)C)cc1OC. The molecular weight excluding hydrogens is 470 g/mol. The van der Waals surface area contributed by atoms with Crippen LogP contribution in [0, 0.1) is 0 Å². The van der Waals surface area contributed by atoms with E-state index in [-0.39, 0.29) is 23.5 Å². The Morgan fingerprint density at radius 3 is 2.34 bits per heavy atom. The van der Waals surface area contributed by atoms with Crippen LogP contribution in [0.15, 0.2) is 47.4 Å². The maximum Gasteiger partial charge on any atom is 0.247 e. The van der Waals surface area contributed by atoms with Crippen LogP contribution >= 0.6 is 0 Å². The van der Waals surface area contributed by atoms with Gasteiger partial charge in [-0.3, -0.25) is 4.79 Å². The van der Waals surface area contributed by atoms with Crippen LogP contribution in [0.2, 0.25) is 0 Å². The van der Waals surface area contributed by atoms with Gasteiger partial charge in [-0.05, 0) is 75.6 Å². The molecule has 192 valence electrons. The smallest absolute Gasteiger partial charge is 0.247 e. The molecule has 1 heterocycles. The van der Waals surface area contributed by atoms with E-state index in [1.807, 2.05) is 20.8 Å². The van der Waals surface area contributed by atoms with E-state index in [0.717, 1.165) is 12.8 Å². The highest BCUT2D eigenvalue weighted by molar-refractivity contribution is 7.89. The third-order valence-electron chi connectivity index (χ3n) is 5.50. The molecule has 35 heavy (non-hydrogen) atoms. The summed E-state index contributed by atoms with van der Waals surface area (Å²) in [5.41, 5.74) is 0.812. The molecule has 0 saturated carbocycles. The molecule has 1 aliphatic rings. The fourth-order valence-electron chi connectivity index (χ4n) is 3.76. The van der Waals surface area contributed by atoms with E-state index >= 15 is 0 Å². The molecule has 0 aromatic heterocycles. The summed E-state index contributed by atoms with van der Waals surface area (Å²) in [5.74, 6) is 0.815. The van der Waals surface area contributed by atoms with E-state index in [4.69, 9.17) is 14.2 Å². The summed E-state index contributed by atoms with van der Waals surface area (Å²) in [5, 5.41) is 6.21. The molecule has 1 saturated heterocycles. The van der Waals surface area contributed by atoms with Gasteiger partial charge >= 0.3 is 0 Å². The second kappa shape index (κ2) is 11.3. The van der Waals surface area contributed by atoms with Gasteiger partial charge in [0.05, 0.1) is 25.2 Å². The molecule has 1 amide bonds. The highest BCUT2D eigenvalue weighted by atomic mass is 32.2. The van der Waals surface area contributed by atoms with Crippen LogP contribution in [0.25, 0.3) is 0 Å². The minimum absolute atomic E-state index is 0.0886. The van der Waals surface area contributed by atoms with E-state index < -0.39 is 21.6 Å². The van der Waals surface area contributed by atoms with E-state index in [1.54, 1.807) is 37.4 Å². The number of anilines is 1. The van der Waals surface area contributed by atoms with Crippen molar-refractivity contribution in [2.45, 2.75) is 56.2 Å². The Morgan fingerprint density at radius 1 is 1.09 bits per heavy atom. The average molecular weight is 506 g/mol. The summed E-state index contributed by atoms with van der Waals surface area (Å²) in [6, 6.07) is 10.8. The lowest BCUT2D eigenvalue weighted by atomic mass is 10.0. The Hall–Kier alpha value is -2.82. The molecule has 3 N–H and O–H groups in total. The first-order chi connectivity index (χ1) is 16.5. The van der Waals surface area contributed by atoms with E-state index in [9.17, 15) is 13.2 Å². The fourth-order valence-corrected chi connectivity index (χ4v) is 4.83. The van der Waals surface area contributed by atoms with Gasteiger partial charge in [0.25, 0.3) is 0 Å². The van der Waals surface area contributed by atoms with Gasteiger partial charge in [-0.2, -0.15) is 0 Å². The predicted octanol–water partition coefficient (Wildman–Crippen LogP) is 3.23. The zero-order chi connectivity index (χ0) is 25.6. The number of methoxy groups -OCH3 is 2. The number of benzene rings is 2. The monoisotopic (exact) mass is 505 g/mol. The van der Waals surface area contributed by atoms with Crippen LogP contribution in [0.3, 0.4) is 0 Å². The Balaban J connectivity index is 1.81. The number of hydrogen-bond donors (Lipinski definition) is 3. The molecule has 2 aromatic carbocycles. The van der Waals surface area contributed by atoms with Gasteiger partial charge in [-0.1, -0.05) is 6.07 Å². The molecule has 0 bridgehead atoms. The van der Waals surface area contributed by atoms with Gasteiger partial charge in [0.2, 0.25) is 15.9 Å². The number of ether oxygens (including phenoxy) is 3. The number of nitrogens with one attached hydrogen (secondary N) is 3. The lowest BCUT2D eigenvalue weighted by Gasteiger charge is -2.27. The zero-order valence-corrected chi connectivity index (χ0v) is 21.7. The van der Waals surface area contributed by atoms with Crippen LogP contribution in [-0.4, -0.2) is 53.3 Å². The number of carbonyl (C=O) groups excluding carboxylic acids is 1. The molecular formula is C25H35N3O6S. The van der Waals surface area contributed by atoms with Gasteiger partial charge in [0, 0.05) is 24.4 Å². The van der Waals surface area contributed by atoms with Crippen LogP contribution in [0.4, 0.5) is 5.69 Å². The van der Waals surface area contributed by atoms with Crippen LogP contribution in [0.1, 0.15) is 45.2 Å². The van der Waals surface area contributed by atoms with E-state index in [0.29, 0.717) is 29.4 Å². The third kappa shape index (κ3) is 7.33. The van der Waals surface area contributed by atoms with E-state index in [1.165, 1.54) is 19.2 Å². The highest BCUT2D eigenvalue weighted by Crippen LogP contribution is 2.32. The minimum atomic E-state index is -3.67. The van der Waals surface area contributed by atoms with Crippen molar-refractivity contribution in [1.29, 1.82) is 0 Å². The summed E-state index contributed by atoms with van der Waals surface area (Å²) < 4.78 is 44.1. The Morgan fingerprint density at radius 2 is 1.77 bits per heavy atom. The summed E-state index contributed by atoms with van der Waals surface area (Å²) in [7, 11) is -0.590. The van der Waals surface area contributed by atoms with E-state index in [2.05, 4.69) is 15.4 Å². The average Bonchev–Trinajstić information content (AvgIpc) is 3.34. The number of sulfonamides is 1. The number of hydrogen-bond acceptors (Lipinski definition) is 7. The minimum Gasteiger partial charge on any atom is -0.493 e. The first-order valence-electron chi connectivity index (χ1n) is 11.5. The van der Waals surface area contributed by atoms with Crippen LogP contribution in [0.5, 0.6) is 11.5 Å². The van der Waals surface area contributed by atoms with Crippen molar-refractivity contribution in [3.63, 3.8) is 0 Å². The van der Waals surface area contributed by atoms with Gasteiger partial charge in [0.1, 0.15) is 6.04 Å². The molecule has 2 aromatic rings. The second-order valence-corrected chi connectivity index (χ2v) is 11.2. The molecule has 3 rings (SSSR count). The first kappa shape index (κ1) is 26.8. The summed E-state index contributed by atoms with van der Waals surface area (Å²) in [6.07, 6.45) is 1.70. The molecule has 10 heteroatoms. The Kier molecular flexibility index (Phi) is 8.63. The normalized spacial score (nSPS) is 17.0. The first-order valence-corrected chi connectivity index (χ1v) is 13.0. The van der Waals surface area contributed by atoms with Crippen LogP contribution < -0.4 is 24.8 Å². The summed E-state index contributed by atoms with van der Waals surface area (Å²) >= 11 is 0. The van der Waals surface area contributed by atoms with Crippen molar-refractivity contribution in [3.05, 3.63) is 48.0 Å². The largest absolute Gasteiger partial charge is 0.493 e. The third-order valence-corrected chi connectivity index (χ3v) is 6.94. The molecule has 0 radical (unpaired) electrons. The van der Waals surface area contributed by atoms with Crippen molar-refractivity contribution < 1.29 is 27.4 Å². The van der Waals surface area contributed by atoms with Crippen molar-refractivity contribution in [1.82, 2.24) is 10.0 Å². The maximum atomic E-state index is 13.2. The summed E-state index contributed by atoms with van der Waals surface area (Å²) in [6.45, 7) is 6.62. The summed E-state index contributed by atoms with van der Waals surface area (Å²) in [4.78, 5) is 13.3. The van der Waals surface area contributed by atoms with Gasteiger partial charge in [-0.15, -0.1) is 0 Å². The number of amides is 1. The van der Waals surface area contributed by atoms with Crippen LogP contribution in [-0.2, 0) is 19.6 Å². The fraction of sp³-hybridized carbons (Fsp3) is 0.480. The number of rotatable bonds is 10. The maximum absolute atomic E-state index is 13.2. The standard InChI is InChI=1S/C25H35N3O6S/c1-25(2,3)28-24(29)23(17-8-13-21(32-4)22(15-17)33-5)27-18-9-11-20(12-10-18)35(30,31)26-16-19-7-6-14-34-19/h8-13,15,19,23,26-27H,6-7,14,16H2,1-5H3,(H,28,29)/t19-,23-/m1/s1. The molecule has 0 unspecified atom stereocenters. The molecule has 9 nitrogen and oxygen atoms in total. The molecule has 2 atom stereocenters. The predicted molar refractivity (Wildman–Crippen MR) is 134 cm³/mol.